The second-order valence-electron chi connectivity index (χ2n) is 5.97. The number of amides is 1. The number of aliphatic carboxylic acids is 1. The standard InChI is InChI=1S/C14H23NO3/c1-2-14(6-3-7-14)9-15-12(16)10-4-5-11(8-10)13(17)18/h10-11H,2-9H2,1H3,(H,15,16)(H,17,18)/t10-,11+/m1/s1. The first-order valence-corrected chi connectivity index (χ1v) is 7.07. The van der Waals surface area contributed by atoms with Gasteiger partial charge in [-0.1, -0.05) is 13.3 Å². The van der Waals surface area contributed by atoms with Gasteiger partial charge in [0.25, 0.3) is 0 Å². The summed E-state index contributed by atoms with van der Waals surface area (Å²) in [5.41, 5.74) is 0.334. The monoisotopic (exact) mass is 253 g/mol. The van der Waals surface area contributed by atoms with Gasteiger partial charge in [-0.2, -0.15) is 0 Å². The molecule has 18 heavy (non-hydrogen) atoms. The van der Waals surface area contributed by atoms with E-state index in [1.807, 2.05) is 0 Å². The van der Waals surface area contributed by atoms with Gasteiger partial charge in [-0.3, -0.25) is 9.59 Å². The van der Waals surface area contributed by atoms with Crippen LogP contribution < -0.4 is 5.32 Å². The summed E-state index contributed by atoms with van der Waals surface area (Å²) in [7, 11) is 0. The molecule has 2 aliphatic carbocycles. The summed E-state index contributed by atoms with van der Waals surface area (Å²) in [6, 6.07) is 0. The number of nitrogens with one attached hydrogen (secondary N) is 1. The van der Waals surface area contributed by atoms with E-state index in [-0.39, 0.29) is 17.7 Å². The molecule has 2 atom stereocenters. The largest absolute Gasteiger partial charge is 0.481 e. The highest BCUT2D eigenvalue weighted by Crippen LogP contribution is 2.43. The molecule has 0 radical (unpaired) electrons. The van der Waals surface area contributed by atoms with Crippen molar-refractivity contribution in [3.63, 3.8) is 0 Å². The maximum Gasteiger partial charge on any atom is 0.306 e. The second-order valence-corrected chi connectivity index (χ2v) is 5.97. The minimum absolute atomic E-state index is 0.0680. The van der Waals surface area contributed by atoms with Gasteiger partial charge in [-0.05, 0) is 43.9 Å². The molecule has 0 aromatic heterocycles. The number of hydrogen-bond donors (Lipinski definition) is 2. The van der Waals surface area contributed by atoms with Crippen LogP contribution in [0.25, 0.3) is 0 Å². The van der Waals surface area contributed by atoms with Gasteiger partial charge in [0.15, 0.2) is 0 Å². The molecule has 1 amide bonds. The summed E-state index contributed by atoms with van der Waals surface area (Å²) in [4.78, 5) is 22.9. The van der Waals surface area contributed by atoms with Crippen LogP contribution >= 0.6 is 0 Å². The third-order valence-electron chi connectivity index (χ3n) is 4.95. The number of carbonyl (C=O) groups is 2. The molecule has 2 N–H and O–H groups in total. The van der Waals surface area contributed by atoms with Gasteiger partial charge in [0.1, 0.15) is 0 Å². The van der Waals surface area contributed by atoms with Gasteiger partial charge >= 0.3 is 5.97 Å². The van der Waals surface area contributed by atoms with Crippen molar-refractivity contribution in [3.05, 3.63) is 0 Å². The first kappa shape index (κ1) is 13.4. The second kappa shape index (κ2) is 5.29. The summed E-state index contributed by atoms with van der Waals surface area (Å²) >= 11 is 0. The van der Waals surface area contributed by atoms with E-state index in [0.29, 0.717) is 18.3 Å². The Hall–Kier alpha value is -1.06. The van der Waals surface area contributed by atoms with E-state index in [9.17, 15) is 9.59 Å². The highest BCUT2D eigenvalue weighted by Gasteiger charge is 2.37. The van der Waals surface area contributed by atoms with Crippen LogP contribution in [0.15, 0.2) is 0 Å². The molecule has 0 heterocycles. The molecule has 102 valence electrons. The van der Waals surface area contributed by atoms with Crippen molar-refractivity contribution in [3.8, 4) is 0 Å². The molecule has 2 rings (SSSR count). The van der Waals surface area contributed by atoms with Crippen LogP contribution in [0.5, 0.6) is 0 Å². The zero-order valence-corrected chi connectivity index (χ0v) is 11.1. The average Bonchev–Trinajstić information content (AvgIpc) is 2.77. The number of hydrogen-bond acceptors (Lipinski definition) is 2. The fourth-order valence-corrected chi connectivity index (χ4v) is 3.19. The third kappa shape index (κ3) is 2.68. The molecule has 2 saturated carbocycles. The van der Waals surface area contributed by atoms with Gasteiger partial charge in [0.2, 0.25) is 5.91 Å². The molecule has 0 unspecified atom stereocenters. The summed E-state index contributed by atoms with van der Waals surface area (Å²) in [5, 5.41) is 12.0. The predicted molar refractivity (Wildman–Crippen MR) is 68.1 cm³/mol. The van der Waals surface area contributed by atoms with Gasteiger partial charge in [0.05, 0.1) is 5.92 Å². The maximum absolute atomic E-state index is 12.0. The molecule has 0 spiro atoms. The molecule has 2 aliphatic rings. The molecule has 4 heteroatoms. The van der Waals surface area contributed by atoms with Crippen LogP contribution in [-0.4, -0.2) is 23.5 Å². The number of rotatable bonds is 5. The van der Waals surface area contributed by atoms with Crippen LogP contribution in [0.3, 0.4) is 0 Å². The highest BCUT2D eigenvalue weighted by atomic mass is 16.4. The zero-order valence-electron chi connectivity index (χ0n) is 11.1. The smallest absolute Gasteiger partial charge is 0.306 e. The number of carboxylic acid groups (broad SMARTS) is 1. The van der Waals surface area contributed by atoms with Crippen molar-refractivity contribution in [2.45, 2.75) is 51.9 Å². The zero-order chi connectivity index (χ0) is 13.2. The van der Waals surface area contributed by atoms with Crippen molar-refractivity contribution in [1.29, 1.82) is 0 Å². The first-order valence-electron chi connectivity index (χ1n) is 7.07. The van der Waals surface area contributed by atoms with E-state index in [4.69, 9.17) is 5.11 Å². The minimum Gasteiger partial charge on any atom is -0.481 e. The molecular weight excluding hydrogens is 230 g/mol. The summed E-state index contributed by atoms with van der Waals surface area (Å²) in [5.74, 6) is -1.09. The Balaban J connectivity index is 1.77. The SMILES string of the molecule is CCC1(CNC(=O)[C@@H]2CC[C@H](C(=O)O)C2)CCC1. The summed E-state index contributed by atoms with van der Waals surface area (Å²) in [6.07, 6.45) is 6.71. The predicted octanol–water partition coefficient (Wildman–Crippen LogP) is 2.18. The highest BCUT2D eigenvalue weighted by molar-refractivity contribution is 5.80. The Kier molecular flexibility index (Phi) is 3.93. The Morgan fingerprint density at radius 3 is 2.39 bits per heavy atom. The topological polar surface area (TPSA) is 66.4 Å². The Labute approximate surface area is 108 Å². The molecule has 0 bridgehead atoms. The quantitative estimate of drug-likeness (QED) is 0.789. The van der Waals surface area contributed by atoms with E-state index in [1.165, 1.54) is 19.3 Å². The van der Waals surface area contributed by atoms with Gasteiger partial charge in [-0.15, -0.1) is 0 Å². The van der Waals surface area contributed by atoms with Crippen LogP contribution in [0.1, 0.15) is 51.9 Å². The average molecular weight is 253 g/mol. The van der Waals surface area contributed by atoms with E-state index in [2.05, 4.69) is 12.2 Å². The lowest BCUT2D eigenvalue weighted by molar-refractivity contribution is -0.141. The Morgan fingerprint density at radius 1 is 1.28 bits per heavy atom. The molecule has 0 aromatic carbocycles. The minimum atomic E-state index is -0.755. The molecule has 0 aromatic rings. The molecule has 4 nitrogen and oxygen atoms in total. The van der Waals surface area contributed by atoms with E-state index >= 15 is 0 Å². The lowest BCUT2D eigenvalue weighted by Gasteiger charge is -2.41. The van der Waals surface area contributed by atoms with Crippen molar-refractivity contribution < 1.29 is 14.7 Å². The van der Waals surface area contributed by atoms with Crippen LogP contribution in [0, 0.1) is 17.3 Å². The fraction of sp³-hybridized carbons (Fsp3) is 0.857. The van der Waals surface area contributed by atoms with Gasteiger partial charge in [0, 0.05) is 12.5 Å². The Morgan fingerprint density at radius 2 is 1.94 bits per heavy atom. The molecule has 0 aliphatic heterocycles. The van der Waals surface area contributed by atoms with Gasteiger partial charge in [-0.25, -0.2) is 0 Å². The Bertz CT molecular complexity index is 330. The lowest BCUT2D eigenvalue weighted by Crippen LogP contribution is -2.43. The maximum atomic E-state index is 12.0. The molecule has 2 fully saturated rings. The fourth-order valence-electron chi connectivity index (χ4n) is 3.19. The van der Waals surface area contributed by atoms with Crippen molar-refractivity contribution in [1.82, 2.24) is 5.32 Å². The normalized spacial score (nSPS) is 29.6. The number of carbonyl (C=O) groups excluding carboxylic acids is 1. The van der Waals surface area contributed by atoms with Crippen LogP contribution in [-0.2, 0) is 9.59 Å². The van der Waals surface area contributed by atoms with Crippen molar-refractivity contribution in [2.24, 2.45) is 17.3 Å². The van der Waals surface area contributed by atoms with Crippen molar-refractivity contribution >= 4 is 11.9 Å². The lowest BCUT2D eigenvalue weighted by atomic mass is 9.67. The molecule has 0 saturated heterocycles. The summed E-state index contributed by atoms with van der Waals surface area (Å²) in [6.45, 7) is 2.96. The number of carboxylic acids is 1. The van der Waals surface area contributed by atoms with Gasteiger partial charge < -0.3 is 10.4 Å². The van der Waals surface area contributed by atoms with E-state index in [0.717, 1.165) is 19.4 Å². The first-order chi connectivity index (χ1) is 8.56. The summed E-state index contributed by atoms with van der Waals surface area (Å²) < 4.78 is 0. The van der Waals surface area contributed by atoms with Crippen LogP contribution in [0.4, 0.5) is 0 Å². The molecular formula is C14H23NO3. The van der Waals surface area contributed by atoms with Crippen molar-refractivity contribution in [2.75, 3.05) is 6.54 Å². The third-order valence-corrected chi connectivity index (χ3v) is 4.95. The van der Waals surface area contributed by atoms with E-state index in [1.54, 1.807) is 0 Å². The van der Waals surface area contributed by atoms with E-state index < -0.39 is 5.97 Å². The van der Waals surface area contributed by atoms with Crippen LogP contribution in [0.2, 0.25) is 0 Å².